The summed E-state index contributed by atoms with van der Waals surface area (Å²) in [7, 11) is 0. The van der Waals surface area contributed by atoms with Gasteiger partial charge in [0.2, 0.25) is 5.91 Å². The van der Waals surface area contributed by atoms with Gasteiger partial charge in [0.15, 0.2) is 0 Å². The molecule has 4 rings (SSSR count). The molecule has 0 atom stereocenters. The zero-order valence-electron chi connectivity index (χ0n) is 18.9. The zero-order valence-corrected chi connectivity index (χ0v) is 19.7. The number of hydrogen-bond donors (Lipinski definition) is 1. The molecular formula is C25H31N3O3S. The van der Waals surface area contributed by atoms with Gasteiger partial charge in [0.05, 0.1) is 10.4 Å². The lowest BCUT2D eigenvalue weighted by Crippen LogP contribution is -2.35. The minimum Gasteiger partial charge on any atom is -0.352 e. The van der Waals surface area contributed by atoms with Crippen LogP contribution in [0.1, 0.15) is 63.5 Å². The molecule has 2 aliphatic rings. The first-order chi connectivity index (χ1) is 15.5. The van der Waals surface area contributed by atoms with Crippen molar-refractivity contribution in [3.05, 3.63) is 40.4 Å². The van der Waals surface area contributed by atoms with E-state index in [0.29, 0.717) is 11.4 Å². The summed E-state index contributed by atoms with van der Waals surface area (Å²) in [6, 6.07) is 6.39. The Bertz CT molecular complexity index is 1070. The number of rotatable bonds is 8. The van der Waals surface area contributed by atoms with Gasteiger partial charge in [-0.25, -0.2) is 0 Å². The maximum Gasteiger partial charge on any atom is 0.293 e. The molecule has 1 N–H and O–H groups in total. The molecule has 170 valence electrons. The third kappa shape index (κ3) is 4.63. The van der Waals surface area contributed by atoms with E-state index in [9.17, 15) is 14.4 Å². The van der Waals surface area contributed by atoms with E-state index >= 15 is 0 Å². The molecule has 3 amide bonds. The number of aromatic nitrogens is 1. The third-order valence-electron chi connectivity index (χ3n) is 6.32. The van der Waals surface area contributed by atoms with Gasteiger partial charge in [-0.2, -0.15) is 0 Å². The fourth-order valence-electron chi connectivity index (χ4n) is 4.64. The van der Waals surface area contributed by atoms with Gasteiger partial charge < -0.3 is 9.88 Å². The molecule has 0 radical (unpaired) electrons. The summed E-state index contributed by atoms with van der Waals surface area (Å²) >= 11 is 1.00. The van der Waals surface area contributed by atoms with Crippen molar-refractivity contribution in [2.75, 3.05) is 6.54 Å². The quantitative estimate of drug-likeness (QED) is 0.565. The Kier molecular flexibility index (Phi) is 7.04. The zero-order chi connectivity index (χ0) is 22.7. The number of benzene rings is 1. The van der Waals surface area contributed by atoms with Gasteiger partial charge in [0.1, 0.15) is 6.54 Å². The summed E-state index contributed by atoms with van der Waals surface area (Å²) in [5.74, 6) is -0.203. The van der Waals surface area contributed by atoms with Crippen molar-refractivity contribution in [1.82, 2.24) is 14.8 Å². The minimum atomic E-state index is -0.222. The van der Waals surface area contributed by atoms with Crippen LogP contribution in [-0.2, 0) is 22.6 Å². The van der Waals surface area contributed by atoms with Crippen molar-refractivity contribution < 1.29 is 14.4 Å². The van der Waals surface area contributed by atoms with E-state index in [4.69, 9.17) is 0 Å². The first-order valence-corrected chi connectivity index (χ1v) is 12.5. The maximum absolute atomic E-state index is 12.8. The Morgan fingerprint density at radius 1 is 1.22 bits per heavy atom. The predicted molar refractivity (Wildman–Crippen MR) is 129 cm³/mol. The van der Waals surface area contributed by atoms with E-state index < -0.39 is 0 Å². The summed E-state index contributed by atoms with van der Waals surface area (Å²) < 4.78 is 1.99. The molecule has 2 heterocycles. The van der Waals surface area contributed by atoms with Crippen LogP contribution in [0.3, 0.4) is 0 Å². The van der Waals surface area contributed by atoms with Gasteiger partial charge in [-0.05, 0) is 49.1 Å². The van der Waals surface area contributed by atoms with Crippen molar-refractivity contribution in [2.45, 2.75) is 71.4 Å². The third-order valence-corrected chi connectivity index (χ3v) is 7.23. The Balaban J connectivity index is 1.65. The van der Waals surface area contributed by atoms with E-state index in [1.165, 1.54) is 17.7 Å². The fraction of sp³-hybridized carbons (Fsp3) is 0.480. The Morgan fingerprint density at radius 3 is 2.72 bits per heavy atom. The van der Waals surface area contributed by atoms with Crippen molar-refractivity contribution in [3.8, 4) is 0 Å². The van der Waals surface area contributed by atoms with Crippen molar-refractivity contribution in [2.24, 2.45) is 0 Å². The van der Waals surface area contributed by atoms with Crippen LogP contribution < -0.4 is 5.32 Å². The second kappa shape index (κ2) is 9.94. The summed E-state index contributed by atoms with van der Waals surface area (Å²) in [5, 5.41) is 3.96. The highest BCUT2D eigenvalue weighted by Crippen LogP contribution is 2.35. The molecule has 0 bridgehead atoms. The molecule has 7 heteroatoms. The van der Waals surface area contributed by atoms with Crippen LogP contribution in [-0.4, -0.2) is 39.1 Å². The summed E-state index contributed by atoms with van der Waals surface area (Å²) in [5.41, 5.74) is 3.05. The molecule has 0 spiro atoms. The highest BCUT2D eigenvalue weighted by Gasteiger charge is 2.34. The van der Waals surface area contributed by atoms with E-state index in [-0.39, 0.29) is 29.6 Å². The molecule has 1 saturated heterocycles. The Morgan fingerprint density at radius 2 is 2.00 bits per heavy atom. The summed E-state index contributed by atoms with van der Waals surface area (Å²) in [6.45, 7) is 4.85. The van der Waals surface area contributed by atoms with Gasteiger partial charge >= 0.3 is 0 Å². The van der Waals surface area contributed by atoms with Gasteiger partial charge in [-0.3, -0.25) is 19.3 Å². The SMILES string of the molecule is CCCCN1C(=O)S/C(=C\c2cn(CC(=O)NC3CCCC3)c3c(CC)cccc23)C1=O. The topological polar surface area (TPSA) is 71.4 Å². The number of carbonyl (C=O) groups excluding carboxylic acids is 3. The standard InChI is InChI=1S/C25H31N3O3S/c1-3-5-13-28-24(30)21(32-25(28)31)14-18-15-27(16-22(29)26-19-10-6-7-11-19)23-17(4-2)9-8-12-20(18)23/h8-9,12,14-15,19H,3-7,10-11,13,16H2,1-2H3,(H,26,29)/b21-14-. The lowest BCUT2D eigenvalue weighted by molar-refractivity contribution is -0.123. The van der Waals surface area contributed by atoms with Crippen LogP contribution in [0, 0.1) is 0 Å². The smallest absolute Gasteiger partial charge is 0.293 e. The van der Waals surface area contributed by atoms with Gasteiger partial charge in [0.25, 0.3) is 11.1 Å². The van der Waals surface area contributed by atoms with E-state index in [0.717, 1.165) is 65.9 Å². The van der Waals surface area contributed by atoms with Crippen LogP contribution in [0.25, 0.3) is 17.0 Å². The molecule has 6 nitrogen and oxygen atoms in total. The van der Waals surface area contributed by atoms with E-state index in [1.54, 1.807) is 0 Å². The van der Waals surface area contributed by atoms with Gasteiger partial charge in [-0.1, -0.05) is 51.3 Å². The normalized spacial score (nSPS) is 18.4. The monoisotopic (exact) mass is 453 g/mol. The molecule has 1 aromatic heterocycles. The number of nitrogens with one attached hydrogen (secondary N) is 1. The number of unbranched alkanes of at least 4 members (excludes halogenated alkanes) is 1. The molecule has 1 aromatic carbocycles. The number of imide groups is 1. The van der Waals surface area contributed by atoms with E-state index in [1.807, 2.05) is 35.9 Å². The first kappa shape index (κ1) is 22.6. The number of carbonyl (C=O) groups is 3. The number of nitrogens with zero attached hydrogens (tertiary/aromatic N) is 2. The molecule has 1 saturated carbocycles. The Labute approximate surface area is 193 Å². The van der Waals surface area contributed by atoms with Gasteiger partial charge in [0, 0.05) is 29.7 Å². The molecule has 32 heavy (non-hydrogen) atoms. The average molecular weight is 454 g/mol. The van der Waals surface area contributed by atoms with Crippen LogP contribution >= 0.6 is 11.8 Å². The van der Waals surface area contributed by atoms with Crippen molar-refractivity contribution >= 4 is 45.8 Å². The second-order valence-electron chi connectivity index (χ2n) is 8.61. The minimum absolute atomic E-state index is 0.0196. The van der Waals surface area contributed by atoms with Gasteiger partial charge in [-0.15, -0.1) is 0 Å². The Hall–Kier alpha value is -2.54. The number of para-hydroxylation sites is 1. The lowest BCUT2D eigenvalue weighted by atomic mass is 10.1. The fourth-order valence-corrected chi connectivity index (χ4v) is 5.49. The molecular weight excluding hydrogens is 422 g/mol. The second-order valence-corrected chi connectivity index (χ2v) is 9.61. The van der Waals surface area contributed by atoms with Crippen LogP contribution in [0.2, 0.25) is 0 Å². The predicted octanol–water partition coefficient (Wildman–Crippen LogP) is 5.10. The molecule has 1 aliphatic heterocycles. The largest absolute Gasteiger partial charge is 0.352 e. The molecule has 0 unspecified atom stereocenters. The molecule has 1 aliphatic carbocycles. The van der Waals surface area contributed by atoms with Crippen LogP contribution in [0.5, 0.6) is 0 Å². The average Bonchev–Trinajstić information content (AvgIpc) is 3.47. The number of thioether (sulfide) groups is 1. The summed E-state index contributed by atoms with van der Waals surface area (Å²) in [4.78, 5) is 39.7. The van der Waals surface area contributed by atoms with E-state index in [2.05, 4.69) is 18.3 Å². The first-order valence-electron chi connectivity index (χ1n) is 11.7. The van der Waals surface area contributed by atoms with Crippen molar-refractivity contribution in [1.29, 1.82) is 0 Å². The molecule has 2 aromatic rings. The number of aryl methyl sites for hydroxylation is 1. The number of hydrogen-bond acceptors (Lipinski definition) is 4. The summed E-state index contributed by atoms with van der Waals surface area (Å²) in [6.07, 6.45) is 10.8. The molecule has 2 fully saturated rings. The highest BCUT2D eigenvalue weighted by atomic mass is 32.2. The van der Waals surface area contributed by atoms with Crippen LogP contribution in [0.4, 0.5) is 4.79 Å². The van der Waals surface area contributed by atoms with Crippen molar-refractivity contribution in [3.63, 3.8) is 0 Å². The van der Waals surface area contributed by atoms with Crippen LogP contribution in [0.15, 0.2) is 29.3 Å². The lowest BCUT2D eigenvalue weighted by Gasteiger charge is -2.13. The number of fused-ring (bicyclic) bond motifs is 1. The number of amides is 3. The highest BCUT2D eigenvalue weighted by molar-refractivity contribution is 8.18. The maximum atomic E-state index is 12.8.